The topological polar surface area (TPSA) is 12.0 Å². The third-order valence-corrected chi connectivity index (χ3v) is 4.19. The molecule has 1 fully saturated rings. The van der Waals surface area contributed by atoms with Gasteiger partial charge in [0.1, 0.15) is 0 Å². The molecule has 1 saturated carbocycles. The largest absolute Gasteiger partial charge is 0.319 e. The van der Waals surface area contributed by atoms with E-state index in [1.165, 1.54) is 37.7 Å². The summed E-state index contributed by atoms with van der Waals surface area (Å²) in [6.07, 6.45) is 6.99. The molecule has 0 spiro atoms. The maximum Gasteiger partial charge on any atom is 0.0406 e. The molecule has 0 aromatic heterocycles. The van der Waals surface area contributed by atoms with Crippen molar-refractivity contribution in [1.82, 2.24) is 5.32 Å². The summed E-state index contributed by atoms with van der Waals surface area (Å²) >= 11 is 5.96. The van der Waals surface area contributed by atoms with Crippen LogP contribution >= 0.6 is 11.6 Å². The van der Waals surface area contributed by atoms with Gasteiger partial charge in [-0.15, -0.1) is 0 Å². The Morgan fingerprint density at radius 2 is 1.82 bits per heavy atom. The Morgan fingerprint density at radius 3 is 2.41 bits per heavy atom. The lowest BCUT2D eigenvalue weighted by atomic mass is 9.77. The number of nitrogens with one attached hydrogen (secondary N) is 1. The first-order valence-electron chi connectivity index (χ1n) is 6.71. The molecule has 0 saturated heterocycles. The summed E-state index contributed by atoms with van der Waals surface area (Å²) in [5.41, 5.74) is 1.44. The second-order valence-electron chi connectivity index (χ2n) is 5.11. The van der Waals surface area contributed by atoms with E-state index in [1.807, 2.05) is 19.2 Å². The lowest BCUT2D eigenvalue weighted by Crippen LogP contribution is -2.25. The summed E-state index contributed by atoms with van der Waals surface area (Å²) in [5, 5.41) is 4.18. The molecule has 1 atom stereocenters. The first-order valence-corrected chi connectivity index (χ1v) is 7.09. The fraction of sp³-hybridized carbons (Fsp3) is 0.600. The molecule has 94 valence electrons. The van der Waals surface area contributed by atoms with Crippen LogP contribution in [0.3, 0.4) is 0 Å². The Balaban J connectivity index is 2.12. The van der Waals surface area contributed by atoms with Crippen molar-refractivity contribution < 1.29 is 0 Å². The molecule has 1 nitrogen and oxygen atoms in total. The second kappa shape index (κ2) is 6.42. The molecule has 2 heteroatoms. The summed E-state index contributed by atoms with van der Waals surface area (Å²) in [4.78, 5) is 0. The molecular formula is C15H22ClN. The van der Waals surface area contributed by atoms with E-state index < -0.39 is 0 Å². The number of likely N-dealkylation sites (N-methyl/N-ethyl adjacent to an activating group) is 1. The molecule has 1 aromatic carbocycles. The fourth-order valence-electron chi connectivity index (χ4n) is 3.02. The van der Waals surface area contributed by atoms with Crippen LogP contribution in [0.15, 0.2) is 24.3 Å². The highest BCUT2D eigenvalue weighted by Crippen LogP contribution is 2.35. The quantitative estimate of drug-likeness (QED) is 0.845. The van der Waals surface area contributed by atoms with E-state index in [1.54, 1.807) is 0 Å². The van der Waals surface area contributed by atoms with E-state index in [0.29, 0.717) is 5.92 Å². The smallest absolute Gasteiger partial charge is 0.0406 e. The monoisotopic (exact) mass is 251 g/mol. The minimum absolute atomic E-state index is 0.651. The average molecular weight is 252 g/mol. The molecule has 1 aromatic rings. The number of halogens is 1. The van der Waals surface area contributed by atoms with Crippen LogP contribution in [0.4, 0.5) is 0 Å². The normalized spacial score (nSPS) is 19.2. The fourth-order valence-corrected chi connectivity index (χ4v) is 3.15. The van der Waals surface area contributed by atoms with Gasteiger partial charge in [0.25, 0.3) is 0 Å². The van der Waals surface area contributed by atoms with Crippen LogP contribution in [0.5, 0.6) is 0 Å². The van der Waals surface area contributed by atoms with Gasteiger partial charge in [-0.25, -0.2) is 0 Å². The van der Waals surface area contributed by atoms with Crippen molar-refractivity contribution in [3.8, 4) is 0 Å². The molecule has 1 aliphatic rings. The molecule has 0 radical (unpaired) electrons. The molecule has 0 amide bonds. The van der Waals surface area contributed by atoms with Gasteiger partial charge in [-0.3, -0.25) is 0 Å². The first kappa shape index (κ1) is 12.9. The molecular weight excluding hydrogens is 230 g/mol. The molecule has 1 N–H and O–H groups in total. The lowest BCUT2D eigenvalue weighted by Gasteiger charge is -2.30. The predicted molar refractivity (Wildman–Crippen MR) is 74.7 cm³/mol. The van der Waals surface area contributed by atoms with Gasteiger partial charge in [0.05, 0.1) is 0 Å². The Morgan fingerprint density at radius 1 is 1.18 bits per heavy atom. The molecule has 0 heterocycles. The van der Waals surface area contributed by atoms with Crippen LogP contribution in [0.1, 0.15) is 43.6 Å². The van der Waals surface area contributed by atoms with Crippen LogP contribution in [0.25, 0.3) is 0 Å². The van der Waals surface area contributed by atoms with E-state index in [-0.39, 0.29) is 0 Å². The van der Waals surface area contributed by atoms with Crippen molar-refractivity contribution in [2.45, 2.75) is 38.0 Å². The highest BCUT2D eigenvalue weighted by atomic mass is 35.5. The maximum atomic E-state index is 5.96. The maximum absolute atomic E-state index is 5.96. The minimum Gasteiger partial charge on any atom is -0.319 e. The highest BCUT2D eigenvalue weighted by molar-refractivity contribution is 6.30. The van der Waals surface area contributed by atoms with E-state index in [4.69, 9.17) is 11.6 Å². The SMILES string of the molecule is CNCC(c1ccc(Cl)cc1)C1CCCCC1. The van der Waals surface area contributed by atoms with E-state index in [2.05, 4.69) is 17.4 Å². The van der Waals surface area contributed by atoms with Gasteiger partial charge in [0, 0.05) is 11.6 Å². The number of hydrogen-bond donors (Lipinski definition) is 1. The molecule has 0 bridgehead atoms. The summed E-state index contributed by atoms with van der Waals surface area (Å²) in [5.74, 6) is 1.50. The van der Waals surface area contributed by atoms with E-state index in [9.17, 15) is 0 Å². The van der Waals surface area contributed by atoms with Crippen LogP contribution in [-0.2, 0) is 0 Å². The van der Waals surface area contributed by atoms with Gasteiger partial charge in [-0.05, 0) is 49.4 Å². The zero-order valence-corrected chi connectivity index (χ0v) is 11.3. The van der Waals surface area contributed by atoms with Gasteiger partial charge in [-0.1, -0.05) is 43.0 Å². The summed E-state index contributed by atoms with van der Waals surface area (Å²) < 4.78 is 0. The molecule has 1 aliphatic carbocycles. The third kappa shape index (κ3) is 3.46. The van der Waals surface area contributed by atoms with Crippen LogP contribution in [0.2, 0.25) is 5.02 Å². The van der Waals surface area contributed by atoms with Crippen LogP contribution < -0.4 is 5.32 Å². The van der Waals surface area contributed by atoms with Gasteiger partial charge in [0.2, 0.25) is 0 Å². The Bertz CT molecular complexity index is 327. The Labute approximate surface area is 110 Å². The highest BCUT2D eigenvalue weighted by Gasteiger charge is 2.24. The summed E-state index contributed by atoms with van der Waals surface area (Å²) in [6, 6.07) is 8.42. The average Bonchev–Trinajstić information content (AvgIpc) is 2.38. The zero-order valence-electron chi connectivity index (χ0n) is 10.6. The summed E-state index contributed by atoms with van der Waals surface area (Å²) in [7, 11) is 2.05. The second-order valence-corrected chi connectivity index (χ2v) is 5.55. The molecule has 2 rings (SSSR count). The molecule has 1 unspecified atom stereocenters. The molecule has 17 heavy (non-hydrogen) atoms. The zero-order chi connectivity index (χ0) is 12.1. The van der Waals surface area contributed by atoms with Crippen molar-refractivity contribution in [2.24, 2.45) is 5.92 Å². The number of hydrogen-bond acceptors (Lipinski definition) is 1. The number of benzene rings is 1. The lowest BCUT2D eigenvalue weighted by molar-refractivity contribution is 0.300. The summed E-state index contributed by atoms with van der Waals surface area (Å²) in [6.45, 7) is 1.08. The van der Waals surface area contributed by atoms with E-state index >= 15 is 0 Å². The standard InChI is InChI=1S/C15H22ClN/c1-17-11-15(12-5-3-2-4-6-12)13-7-9-14(16)10-8-13/h7-10,12,15,17H,2-6,11H2,1H3. The Hall–Kier alpha value is -0.530. The van der Waals surface area contributed by atoms with Crippen molar-refractivity contribution in [1.29, 1.82) is 0 Å². The van der Waals surface area contributed by atoms with Gasteiger partial charge < -0.3 is 5.32 Å². The van der Waals surface area contributed by atoms with Crippen molar-refractivity contribution in [2.75, 3.05) is 13.6 Å². The van der Waals surface area contributed by atoms with Gasteiger partial charge >= 0.3 is 0 Å². The van der Waals surface area contributed by atoms with Crippen LogP contribution in [-0.4, -0.2) is 13.6 Å². The molecule has 0 aliphatic heterocycles. The van der Waals surface area contributed by atoms with Crippen molar-refractivity contribution >= 4 is 11.6 Å². The Kier molecular flexibility index (Phi) is 4.87. The van der Waals surface area contributed by atoms with Crippen LogP contribution in [0, 0.1) is 5.92 Å². The number of rotatable bonds is 4. The van der Waals surface area contributed by atoms with Crippen molar-refractivity contribution in [3.63, 3.8) is 0 Å². The predicted octanol–water partition coefficient (Wildman–Crippen LogP) is 4.22. The third-order valence-electron chi connectivity index (χ3n) is 3.94. The van der Waals surface area contributed by atoms with E-state index in [0.717, 1.165) is 17.5 Å². The van der Waals surface area contributed by atoms with Crippen molar-refractivity contribution in [3.05, 3.63) is 34.9 Å². The minimum atomic E-state index is 0.651. The van der Waals surface area contributed by atoms with Gasteiger partial charge in [0.15, 0.2) is 0 Å². The van der Waals surface area contributed by atoms with Gasteiger partial charge in [-0.2, -0.15) is 0 Å². The first-order chi connectivity index (χ1) is 8.31.